The molecule has 0 saturated carbocycles. The molecular weight excluding hydrogens is 296 g/mol. The Hall–Kier alpha value is -1.74. The van der Waals surface area contributed by atoms with Crippen molar-refractivity contribution >= 4 is 32.2 Å². The predicted octanol–water partition coefficient (Wildman–Crippen LogP) is 2.11. The Morgan fingerprint density at radius 1 is 1.32 bits per heavy atom. The minimum atomic E-state index is -4.19. The molecule has 5 nitrogen and oxygen atoms in total. The number of benzene rings is 1. The lowest BCUT2D eigenvalue weighted by atomic mass is 10.3. The predicted molar refractivity (Wildman–Crippen MR) is 68.4 cm³/mol. The molecule has 0 bridgehead atoms. The summed E-state index contributed by atoms with van der Waals surface area (Å²) in [5.41, 5.74) is 5.42. The smallest absolute Gasteiger partial charge is 0.266 e. The summed E-state index contributed by atoms with van der Waals surface area (Å²) >= 11 is 1.06. The SMILES string of the molecule is Cc1csc(NS(=O)(=O)c2cc(N)c(F)cc2F)n1. The van der Waals surface area contributed by atoms with Gasteiger partial charge in [-0.05, 0) is 13.0 Å². The minimum Gasteiger partial charge on any atom is -0.396 e. The third kappa shape index (κ3) is 2.82. The van der Waals surface area contributed by atoms with Crippen molar-refractivity contribution in [1.29, 1.82) is 0 Å². The molecule has 0 amide bonds. The topological polar surface area (TPSA) is 85.1 Å². The number of thiazole rings is 1. The van der Waals surface area contributed by atoms with Gasteiger partial charge >= 0.3 is 0 Å². The molecule has 19 heavy (non-hydrogen) atoms. The van der Waals surface area contributed by atoms with Gasteiger partial charge in [0, 0.05) is 11.4 Å². The molecular formula is C10H9F2N3O2S2. The molecule has 0 aliphatic carbocycles. The van der Waals surface area contributed by atoms with Crippen molar-refractivity contribution in [3.63, 3.8) is 0 Å². The van der Waals surface area contributed by atoms with Crippen LogP contribution in [-0.2, 0) is 10.0 Å². The number of hydrogen-bond donors (Lipinski definition) is 2. The average molecular weight is 305 g/mol. The van der Waals surface area contributed by atoms with E-state index < -0.39 is 32.2 Å². The van der Waals surface area contributed by atoms with Gasteiger partial charge in [0.1, 0.15) is 16.5 Å². The molecule has 1 aromatic carbocycles. The van der Waals surface area contributed by atoms with Crippen molar-refractivity contribution < 1.29 is 17.2 Å². The van der Waals surface area contributed by atoms with E-state index in [-0.39, 0.29) is 5.13 Å². The van der Waals surface area contributed by atoms with Gasteiger partial charge in [0.2, 0.25) is 0 Å². The molecule has 2 rings (SSSR count). The van der Waals surface area contributed by atoms with Gasteiger partial charge in [0.25, 0.3) is 10.0 Å². The summed E-state index contributed by atoms with van der Waals surface area (Å²) in [5.74, 6) is -2.23. The Balaban J connectivity index is 2.42. The van der Waals surface area contributed by atoms with Crippen LogP contribution in [0.1, 0.15) is 5.69 Å². The third-order valence-corrected chi connectivity index (χ3v) is 4.54. The van der Waals surface area contributed by atoms with E-state index in [0.717, 1.165) is 17.4 Å². The first-order valence-corrected chi connectivity index (χ1v) is 7.35. The fourth-order valence-electron chi connectivity index (χ4n) is 1.32. The lowest BCUT2D eigenvalue weighted by Gasteiger charge is -2.07. The number of aromatic nitrogens is 1. The summed E-state index contributed by atoms with van der Waals surface area (Å²) in [6.45, 7) is 1.69. The summed E-state index contributed by atoms with van der Waals surface area (Å²) in [6.07, 6.45) is 0. The van der Waals surface area contributed by atoms with E-state index in [1.54, 1.807) is 12.3 Å². The molecule has 3 N–H and O–H groups in total. The van der Waals surface area contributed by atoms with Gasteiger partial charge in [-0.15, -0.1) is 11.3 Å². The zero-order valence-corrected chi connectivity index (χ0v) is 11.3. The molecule has 9 heteroatoms. The highest BCUT2D eigenvalue weighted by molar-refractivity contribution is 7.93. The number of anilines is 2. The van der Waals surface area contributed by atoms with Crippen LogP contribution < -0.4 is 10.5 Å². The van der Waals surface area contributed by atoms with Gasteiger partial charge in [-0.3, -0.25) is 4.72 Å². The maximum Gasteiger partial charge on any atom is 0.266 e. The van der Waals surface area contributed by atoms with E-state index in [0.29, 0.717) is 11.8 Å². The molecule has 102 valence electrons. The quantitative estimate of drug-likeness (QED) is 0.851. The standard InChI is InChI=1S/C10H9F2N3O2S2/c1-5-4-18-10(14-5)15-19(16,17)9-3-8(13)6(11)2-7(9)12/h2-4H,13H2,1H3,(H,14,15). The molecule has 0 atom stereocenters. The zero-order valence-electron chi connectivity index (χ0n) is 9.65. The summed E-state index contributed by atoms with van der Waals surface area (Å²) < 4.78 is 52.5. The summed E-state index contributed by atoms with van der Waals surface area (Å²) in [6, 6.07) is 1.16. The Morgan fingerprint density at radius 3 is 2.58 bits per heavy atom. The van der Waals surface area contributed by atoms with E-state index >= 15 is 0 Å². The van der Waals surface area contributed by atoms with Crippen LogP contribution in [0.3, 0.4) is 0 Å². The molecule has 0 fully saturated rings. The van der Waals surface area contributed by atoms with E-state index in [1.165, 1.54) is 0 Å². The van der Waals surface area contributed by atoms with E-state index in [2.05, 4.69) is 9.71 Å². The van der Waals surface area contributed by atoms with Crippen LogP contribution in [0.4, 0.5) is 19.6 Å². The molecule has 0 aliphatic rings. The van der Waals surface area contributed by atoms with Crippen LogP contribution in [-0.4, -0.2) is 13.4 Å². The Kier molecular flexibility index (Phi) is 3.42. The molecule has 0 radical (unpaired) electrons. The molecule has 0 aliphatic heterocycles. The normalized spacial score (nSPS) is 11.5. The van der Waals surface area contributed by atoms with Crippen LogP contribution in [0.5, 0.6) is 0 Å². The van der Waals surface area contributed by atoms with Crippen LogP contribution in [0.15, 0.2) is 22.4 Å². The molecule has 0 spiro atoms. The van der Waals surface area contributed by atoms with Gasteiger partial charge in [-0.1, -0.05) is 0 Å². The fraction of sp³-hybridized carbons (Fsp3) is 0.100. The number of nitrogens with two attached hydrogens (primary N) is 1. The second-order valence-electron chi connectivity index (χ2n) is 3.70. The molecule has 1 aromatic heterocycles. The van der Waals surface area contributed by atoms with Crippen LogP contribution in [0, 0.1) is 18.6 Å². The number of nitrogens with zero attached hydrogens (tertiary/aromatic N) is 1. The van der Waals surface area contributed by atoms with E-state index in [9.17, 15) is 17.2 Å². The van der Waals surface area contributed by atoms with Gasteiger partial charge in [-0.2, -0.15) is 0 Å². The number of nitrogen functional groups attached to an aromatic ring is 1. The highest BCUT2D eigenvalue weighted by Crippen LogP contribution is 2.24. The van der Waals surface area contributed by atoms with Crippen molar-refractivity contribution in [3.05, 3.63) is 34.8 Å². The maximum absolute atomic E-state index is 13.5. The van der Waals surface area contributed by atoms with E-state index in [1.807, 2.05) is 0 Å². The van der Waals surface area contributed by atoms with Gasteiger partial charge in [0.15, 0.2) is 5.13 Å². The first kappa shape index (κ1) is 13.7. The molecule has 0 unspecified atom stereocenters. The average Bonchev–Trinajstić information content (AvgIpc) is 2.68. The van der Waals surface area contributed by atoms with Crippen LogP contribution in [0.2, 0.25) is 0 Å². The number of nitrogens with one attached hydrogen (secondary N) is 1. The maximum atomic E-state index is 13.5. The van der Waals surface area contributed by atoms with E-state index in [4.69, 9.17) is 5.73 Å². The largest absolute Gasteiger partial charge is 0.396 e. The van der Waals surface area contributed by atoms with Crippen LogP contribution in [0.25, 0.3) is 0 Å². The number of aryl methyl sites for hydroxylation is 1. The Bertz CT molecular complexity index is 728. The first-order chi connectivity index (χ1) is 8.79. The van der Waals surface area contributed by atoms with Crippen molar-refractivity contribution in [3.8, 4) is 0 Å². The van der Waals surface area contributed by atoms with Crippen molar-refractivity contribution in [1.82, 2.24) is 4.98 Å². The fourth-order valence-corrected chi connectivity index (χ4v) is 3.36. The Labute approximate surface area is 112 Å². The number of sulfonamides is 1. The monoisotopic (exact) mass is 305 g/mol. The lowest BCUT2D eigenvalue weighted by molar-refractivity contribution is 0.553. The van der Waals surface area contributed by atoms with Crippen molar-refractivity contribution in [2.45, 2.75) is 11.8 Å². The second kappa shape index (κ2) is 4.74. The summed E-state index contributed by atoms with van der Waals surface area (Å²) in [7, 11) is -4.19. The van der Waals surface area contributed by atoms with Crippen molar-refractivity contribution in [2.24, 2.45) is 0 Å². The number of hydrogen-bond acceptors (Lipinski definition) is 5. The first-order valence-electron chi connectivity index (χ1n) is 4.99. The number of rotatable bonds is 3. The van der Waals surface area contributed by atoms with Gasteiger partial charge in [-0.25, -0.2) is 22.2 Å². The Morgan fingerprint density at radius 2 is 2.00 bits per heavy atom. The lowest BCUT2D eigenvalue weighted by Crippen LogP contribution is -2.15. The third-order valence-electron chi connectivity index (χ3n) is 2.18. The number of halogens is 2. The summed E-state index contributed by atoms with van der Waals surface area (Å²) in [4.78, 5) is 3.17. The highest BCUT2D eigenvalue weighted by atomic mass is 32.2. The molecule has 1 heterocycles. The van der Waals surface area contributed by atoms with Crippen LogP contribution >= 0.6 is 11.3 Å². The molecule has 0 saturated heterocycles. The van der Waals surface area contributed by atoms with Crippen molar-refractivity contribution in [2.75, 3.05) is 10.5 Å². The zero-order chi connectivity index (χ0) is 14.2. The minimum absolute atomic E-state index is 0.0970. The second-order valence-corrected chi connectivity index (χ2v) is 6.21. The van der Waals surface area contributed by atoms with Gasteiger partial charge in [0.05, 0.1) is 11.4 Å². The summed E-state index contributed by atoms with van der Waals surface area (Å²) in [5, 5.41) is 1.73. The van der Waals surface area contributed by atoms with Gasteiger partial charge < -0.3 is 5.73 Å². The molecule has 2 aromatic rings. The highest BCUT2D eigenvalue weighted by Gasteiger charge is 2.22.